The van der Waals surface area contributed by atoms with Crippen molar-refractivity contribution in [3.8, 4) is 0 Å². The molecule has 1 aromatic heterocycles. The first-order valence-corrected chi connectivity index (χ1v) is 10.9. The Hall–Kier alpha value is -3.69. The van der Waals surface area contributed by atoms with Crippen molar-refractivity contribution in [1.29, 1.82) is 0 Å². The molecule has 0 unspecified atom stereocenters. The van der Waals surface area contributed by atoms with Crippen molar-refractivity contribution in [3.63, 3.8) is 0 Å². The number of benzene rings is 3. The molecule has 0 atom stereocenters. The molecule has 4 N–H and O–H groups in total. The maximum absolute atomic E-state index is 12.7. The maximum Gasteiger partial charge on any atom is 0.222 e. The average molecular weight is 436 g/mol. The lowest BCUT2D eigenvalue weighted by Gasteiger charge is -2.20. The molecule has 0 saturated carbocycles. The number of hydrogen-bond acceptors (Lipinski definition) is 8. The zero-order valence-electron chi connectivity index (χ0n) is 16.7. The Labute approximate surface area is 179 Å². The molecule has 0 aliphatic rings. The van der Waals surface area contributed by atoms with E-state index in [0.717, 1.165) is 11.3 Å². The smallest absolute Gasteiger partial charge is 0.222 e. The second kappa shape index (κ2) is 8.21. The second-order valence-electron chi connectivity index (χ2n) is 7.06. The van der Waals surface area contributed by atoms with Crippen LogP contribution in [0.4, 0.5) is 17.5 Å². The van der Waals surface area contributed by atoms with Gasteiger partial charge < -0.3 is 10.6 Å². The van der Waals surface area contributed by atoms with E-state index >= 15 is 0 Å². The van der Waals surface area contributed by atoms with Gasteiger partial charge in [0.1, 0.15) is 0 Å². The molecule has 0 fully saturated rings. The summed E-state index contributed by atoms with van der Waals surface area (Å²) in [5.74, 6) is 0.295. The summed E-state index contributed by atoms with van der Waals surface area (Å²) in [5.41, 5.74) is 10.1. The van der Waals surface area contributed by atoms with Crippen LogP contribution in [0.25, 0.3) is 10.9 Å². The number of rotatable bonds is 6. The molecule has 0 aliphatic heterocycles. The van der Waals surface area contributed by atoms with E-state index in [9.17, 15) is 13.6 Å². The summed E-state index contributed by atoms with van der Waals surface area (Å²) >= 11 is 0. The first kappa shape index (κ1) is 20.6. The van der Waals surface area contributed by atoms with Crippen LogP contribution >= 0.6 is 0 Å². The SMILES string of the molecule is CN(Cc1ccc(S(=O)(=O)c2ccccc2)cc1)c1ccc2nc(N)nc(NO)c2c1. The van der Waals surface area contributed by atoms with Gasteiger partial charge in [-0.3, -0.25) is 10.7 Å². The molecular weight excluding hydrogens is 414 g/mol. The number of anilines is 3. The quantitative estimate of drug-likeness (QED) is 0.394. The molecule has 3 aromatic carbocycles. The Morgan fingerprint density at radius 1 is 0.968 bits per heavy atom. The zero-order valence-corrected chi connectivity index (χ0v) is 17.5. The van der Waals surface area contributed by atoms with E-state index in [1.807, 2.05) is 24.1 Å². The van der Waals surface area contributed by atoms with Gasteiger partial charge in [-0.15, -0.1) is 0 Å². The third-order valence-corrected chi connectivity index (χ3v) is 6.74. The highest BCUT2D eigenvalue weighted by Gasteiger charge is 2.17. The Morgan fingerprint density at radius 2 is 1.65 bits per heavy atom. The minimum absolute atomic E-state index is 0.0655. The van der Waals surface area contributed by atoms with Crippen LogP contribution in [0.1, 0.15) is 5.56 Å². The normalized spacial score (nSPS) is 11.4. The highest BCUT2D eigenvalue weighted by Crippen LogP contribution is 2.27. The van der Waals surface area contributed by atoms with Gasteiger partial charge >= 0.3 is 0 Å². The number of nitrogens with zero attached hydrogens (tertiary/aromatic N) is 3. The van der Waals surface area contributed by atoms with E-state index < -0.39 is 9.84 Å². The van der Waals surface area contributed by atoms with E-state index in [-0.39, 0.29) is 21.6 Å². The van der Waals surface area contributed by atoms with Crippen molar-refractivity contribution in [2.75, 3.05) is 23.2 Å². The third-order valence-electron chi connectivity index (χ3n) is 4.95. The highest BCUT2D eigenvalue weighted by atomic mass is 32.2. The maximum atomic E-state index is 12.7. The molecule has 0 aliphatic carbocycles. The Morgan fingerprint density at radius 3 is 2.32 bits per heavy atom. The Kier molecular flexibility index (Phi) is 5.45. The summed E-state index contributed by atoms with van der Waals surface area (Å²) in [6.45, 7) is 0.550. The Balaban J connectivity index is 1.56. The van der Waals surface area contributed by atoms with Crippen LogP contribution in [0.5, 0.6) is 0 Å². The molecule has 0 saturated heterocycles. The summed E-state index contributed by atoms with van der Waals surface area (Å²) in [5, 5.41) is 9.97. The molecule has 9 heteroatoms. The summed E-state index contributed by atoms with van der Waals surface area (Å²) in [7, 11) is -1.62. The van der Waals surface area contributed by atoms with Crippen molar-refractivity contribution < 1.29 is 13.6 Å². The van der Waals surface area contributed by atoms with Crippen molar-refractivity contribution in [3.05, 3.63) is 78.4 Å². The molecule has 1 heterocycles. The lowest BCUT2D eigenvalue weighted by molar-refractivity contribution is 0.387. The van der Waals surface area contributed by atoms with Gasteiger partial charge in [0.15, 0.2) is 5.82 Å². The monoisotopic (exact) mass is 435 g/mol. The fraction of sp³-hybridized carbons (Fsp3) is 0.0909. The standard InChI is InChI=1S/C22H21N5O3S/c1-27(16-9-12-20-19(13-16)21(26-28)25-22(23)24-20)14-15-7-10-18(11-8-15)31(29,30)17-5-3-2-4-6-17/h2-13,28H,14H2,1H3,(H3,23,24,25,26). The second-order valence-corrected chi connectivity index (χ2v) is 9.01. The topological polar surface area (TPSA) is 121 Å². The van der Waals surface area contributed by atoms with Gasteiger partial charge in [0.05, 0.1) is 15.3 Å². The van der Waals surface area contributed by atoms with Crippen molar-refractivity contribution in [1.82, 2.24) is 9.97 Å². The van der Waals surface area contributed by atoms with Crippen molar-refractivity contribution in [2.45, 2.75) is 16.3 Å². The van der Waals surface area contributed by atoms with Gasteiger partial charge in [-0.05, 0) is 48.0 Å². The highest BCUT2D eigenvalue weighted by molar-refractivity contribution is 7.91. The van der Waals surface area contributed by atoms with Crippen LogP contribution in [-0.4, -0.2) is 30.6 Å². The van der Waals surface area contributed by atoms with Crippen LogP contribution in [0.2, 0.25) is 0 Å². The molecule has 0 spiro atoms. The van der Waals surface area contributed by atoms with Crippen molar-refractivity contribution in [2.24, 2.45) is 0 Å². The van der Waals surface area contributed by atoms with E-state index in [2.05, 4.69) is 15.4 Å². The van der Waals surface area contributed by atoms with Gasteiger partial charge in [-0.1, -0.05) is 30.3 Å². The predicted octanol–water partition coefficient (Wildman–Crippen LogP) is 3.48. The van der Waals surface area contributed by atoms with Gasteiger partial charge in [0.2, 0.25) is 15.8 Å². The molecular formula is C22H21N5O3S. The van der Waals surface area contributed by atoms with E-state index in [4.69, 9.17) is 5.73 Å². The molecule has 4 aromatic rings. The number of nitrogens with two attached hydrogens (primary N) is 1. The molecule has 31 heavy (non-hydrogen) atoms. The molecule has 0 radical (unpaired) electrons. The lowest BCUT2D eigenvalue weighted by Crippen LogP contribution is -2.16. The molecule has 0 bridgehead atoms. The molecule has 4 rings (SSSR count). The molecule has 158 valence electrons. The van der Waals surface area contributed by atoms with E-state index in [1.54, 1.807) is 60.7 Å². The van der Waals surface area contributed by atoms with E-state index in [1.165, 1.54) is 0 Å². The minimum Gasteiger partial charge on any atom is -0.370 e. The zero-order chi connectivity index (χ0) is 22.0. The number of aromatic nitrogens is 2. The van der Waals surface area contributed by atoms with Crippen LogP contribution in [0.3, 0.4) is 0 Å². The minimum atomic E-state index is -3.54. The molecule has 0 amide bonds. The largest absolute Gasteiger partial charge is 0.370 e. The van der Waals surface area contributed by atoms with E-state index in [0.29, 0.717) is 17.4 Å². The van der Waals surface area contributed by atoms with Crippen LogP contribution in [0.15, 0.2) is 82.6 Å². The molecule has 8 nitrogen and oxygen atoms in total. The summed E-state index contributed by atoms with van der Waals surface area (Å²) in [4.78, 5) is 10.7. The van der Waals surface area contributed by atoms with Gasteiger partial charge in [0.25, 0.3) is 0 Å². The first-order chi connectivity index (χ1) is 14.9. The van der Waals surface area contributed by atoms with Gasteiger partial charge in [0, 0.05) is 24.7 Å². The summed E-state index contributed by atoms with van der Waals surface area (Å²) in [6.07, 6.45) is 0. The predicted molar refractivity (Wildman–Crippen MR) is 120 cm³/mol. The van der Waals surface area contributed by atoms with Crippen LogP contribution in [0, 0.1) is 0 Å². The number of nitrogen functional groups attached to an aromatic ring is 1. The Bertz CT molecular complexity index is 1330. The van der Waals surface area contributed by atoms with Crippen molar-refractivity contribution >= 4 is 38.2 Å². The first-order valence-electron chi connectivity index (χ1n) is 9.46. The summed E-state index contributed by atoms with van der Waals surface area (Å²) < 4.78 is 25.5. The van der Waals surface area contributed by atoms with Crippen LogP contribution < -0.4 is 16.1 Å². The number of sulfone groups is 1. The van der Waals surface area contributed by atoms with Gasteiger partial charge in [-0.2, -0.15) is 4.98 Å². The fourth-order valence-electron chi connectivity index (χ4n) is 3.33. The number of fused-ring (bicyclic) bond motifs is 1. The third kappa shape index (κ3) is 4.14. The summed E-state index contributed by atoms with van der Waals surface area (Å²) in [6, 6.07) is 20.8. The number of hydrogen-bond donors (Lipinski definition) is 3. The lowest BCUT2D eigenvalue weighted by atomic mass is 10.1. The average Bonchev–Trinajstić information content (AvgIpc) is 2.79. The number of nitrogens with one attached hydrogen (secondary N) is 1. The van der Waals surface area contributed by atoms with Crippen LogP contribution in [-0.2, 0) is 16.4 Å². The van der Waals surface area contributed by atoms with Gasteiger partial charge in [-0.25, -0.2) is 13.4 Å². The fourth-order valence-corrected chi connectivity index (χ4v) is 4.61.